The zero-order chi connectivity index (χ0) is 14.4. The molecule has 0 aromatic carbocycles. The van der Waals surface area contributed by atoms with E-state index in [0.717, 1.165) is 19.3 Å². The lowest BCUT2D eigenvalue weighted by Crippen LogP contribution is -2.44. The fourth-order valence-corrected chi connectivity index (χ4v) is 2.27. The van der Waals surface area contributed by atoms with E-state index in [4.69, 9.17) is 10.5 Å². The maximum Gasteiger partial charge on any atom is 0.241 e. The molecular weight excluding hydrogens is 282 g/mol. The molecule has 2 atom stereocenters. The molecule has 7 heteroatoms. The largest absolute Gasteiger partial charge is 0.383 e. The van der Waals surface area contributed by atoms with Crippen molar-refractivity contribution in [3.8, 4) is 0 Å². The molecule has 1 aliphatic rings. The second-order valence-electron chi connectivity index (χ2n) is 5.31. The standard InChI is InChI=1S/C13H25N3O3.ClH/c1-15(2)12(17)9-16(6-7-19-3)13(18)10-4-5-11(14)8-10;/h10-11H,4-9,14H2,1-3H3;1H. The Morgan fingerprint density at radius 3 is 2.40 bits per heavy atom. The molecule has 2 N–H and O–H groups in total. The summed E-state index contributed by atoms with van der Waals surface area (Å²) in [5, 5.41) is 0. The number of hydrogen-bond donors (Lipinski definition) is 1. The van der Waals surface area contributed by atoms with Crippen LogP contribution in [0, 0.1) is 5.92 Å². The first-order chi connectivity index (χ1) is 8.95. The molecular formula is C13H26ClN3O3. The minimum absolute atomic E-state index is 0. The van der Waals surface area contributed by atoms with Gasteiger partial charge in [-0.25, -0.2) is 0 Å². The Kier molecular flexibility index (Phi) is 8.76. The molecule has 2 unspecified atom stereocenters. The lowest BCUT2D eigenvalue weighted by molar-refractivity contribution is -0.142. The Hall–Kier alpha value is -0.850. The number of nitrogens with two attached hydrogens (primary N) is 1. The number of hydrogen-bond acceptors (Lipinski definition) is 4. The average molecular weight is 308 g/mol. The Labute approximate surface area is 127 Å². The van der Waals surface area contributed by atoms with Gasteiger partial charge in [0.2, 0.25) is 11.8 Å². The normalized spacial score (nSPS) is 21.2. The van der Waals surface area contributed by atoms with Gasteiger partial charge < -0.3 is 20.3 Å². The number of carbonyl (C=O) groups excluding carboxylic acids is 2. The molecule has 0 saturated heterocycles. The molecule has 0 aromatic heterocycles. The number of likely N-dealkylation sites (N-methyl/N-ethyl adjacent to an activating group) is 1. The van der Waals surface area contributed by atoms with Crippen LogP contribution in [0.4, 0.5) is 0 Å². The lowest BCUT2D eigenvalue weighted by Gasteiger charge is -2.26. The van der Waals surface area contributed by atoms with Crippen LogP contribution in [0.1, 0.15) is 19.3 Å². The van der Waals surface area contributed by atoms with Crippen LogP contribution in [0.25, 0.3) is 0 Å². The number of rotatable bonds is 6. The quantitative estimate of drug-likeness (QED) is 0.755. The summed E-state index contributed by atoms with van der Waals surface area (Å²) in [4.78, 5) is 27.3. The summed E-state index contributed by atoms with van der Waals surface area (Å²) >= 11 is 0. The second-order valence-corrected chi connectivity index (χ2v) is 5.31. The second kappa shape index (κ2) is 9.15. The monoisotopic (exact) mass is 307 g/mol. The molecule has 118 valence electrons. The number of carbonyl (C=O) groups is 2. The molecule has 0 bridgehead atoms. The molecule has 6 nitrogen and oxygen atoms in total. The van der Waals surface area contributed by atoms with Crippen molar-refractivity contribution in [1.82, 2.24) is 9.80 Å². The molecule has 0 aliphatic heterocycles. The first-order valence-corrected chi connectivity index (χ1v) is 6.69. The van der Waals surface area contributed by atoms with Crippen LogP contribution < -0.4 is 5.73 Å². The third-order valence-electron chi connectivity index (χ3n) is 3.52. The summed E-state index contributed by atoms with van der Waals surface area (Å²) in [6.45, 7) is 0.993. The molecule has 1 aliphatic carbocycles. The molecule has 0 radical (unpaired) electrons. The van der Waals surface area contributed by atoms with Crippen LogP contribution in [0.2, 0.25) is 0 Å². The number of ether oxygens (including phenoxy) is 1. The highest BCUT2D eigenvalue weighted by Gasteiger charge is 2.31. The minimum Gasteiger partial charge on any atom is -0.383 e. The van der Waals surface area contributed by atoms with Gasteiger partial charge in [0.1, 0.15) is 0 Å². The van der Waals surface area contributed by atoms with E-state index < -0.39 is 0 Å². The van der Waals surface area contributed by atoms with Crippen LogP contribution in [0.15, 0.2) is 0 Å². The highest BCUT2D eigenvalue weighted by Crippen LogP contribution is 2.25. The van der Waals surface area contributed by atoms with Gasteiger partial charge in [-0.1, -0.05) is 0 Å². The van der Waals surface area contributed by atoms with E-state index in [1.165, 1.54) is 4.90 Å². The van der Waals surface area contributed by atoms with Gasteiger partial charge in [-0.05, 0) is 19.3 Å². The van der Waals surface area contributed by atoms with Crippen molar-refractivity contribution in [3.05, 3.63) is 0 Å². The molecule has 1 rings (SSSR count). The van der Waals surface area contributed by atoms with Gasteiger partial charge in [-0.3, -0.25) is 9.59 Å². The Morgan fingerprint density at radius 1 is 1.30 bits per heavy atom. The Morgan fingerprint density at radius 2 is 1.95 bits per heavy atom. The maximum absolute atomic E-state index is 12.4. The number of amides is 2. The van der Waals surface area contributed by atoms with Crippen LogP contribution >= 0.6 is 12.4 Å². The van der Waals surface area contributed by atoms with E-state index in [2.05, 4.69) is 0 Å². The molecule has 1 saturated carbocycles. The molecule has 20 heavy (non-hydrogen) atoms. The topological polar surface area (TPSA) is 75.9 Å². The van der Waals surface area contributed by atoms with E-state index >= 15 is 0 Å². The first-order valence-electron chi connectivity index (χ1n) is 6.69. The molecule has 0 aromatic rings. The molecule has 0 spiro atoms. The van der Waals surface area contributed by atoms with E-state index in [1.54, 1.807) is 26.1 Å². The van der Waals surface area contributed by atoms with Crippen LogP contribution in [0.3, 0.4) is 0 Å². The van der Waals surface area contributed by atoms with Crippen LogP contribution in [-0.2, 0) is 14.3 Å². The van der Waals surface area contributed by atoms with E-state index in [1.807, 2.05) is 0 Å². The van der Waals surface area contributed by atoms with E-state index in [9.17, 15) is 9.59 Å². The van der Waals surface area contributed by atoms with Gasteiger partial charge in [-0.15, -0.1) is 12.4 Å². The summed E-state index contributed by atoms with van der Waals surface area (Å²) in [6, 6.07) is 0.114. The van der Waals surface area contributed by atoms with Gasteiger partial charge in [0.05, 0.1) is 13.2 Å². The Balaban J connectivity index is 0.00000361. The summed E-state index contributed by atoms with van der Waals surface area (Å²) < 4.78 is 5.00. The van der Waals surface area contributed by atoms with Gasteiger partial charge in [0, 0.05) is 39.7 Å². The summed E-state index contributed by atoms with van der Waals surface area (Å²) in [6.07, 6.45) is 2.42. The van der Waals surface area contributed by atoms with Crippen molar-refractivity contribution in [2.75, 3.05) is 40.9 Å². The van der Waals surface area contributed by atoms with E-state index in [0.29, 0.717) is 13.2 Å². The fourth-order valence-electron chi connectivity index (χ4n) is 2.27. The molecule has 0 heterocycles. The summed E-state index contributed by atoms with van der Waals surface area (Å²) in [7, 11) is 4.96. The van der Waals surface area contributed by atoms with Crippen molar-refractivity contribution in [1.29, 1.82) is 0 Å². The maximum atomic E-state index is 12.4. The highest BCUT2D eigenvalue weighted by molar-refractivity contribution is 5.86. The van der Waals surface area contributed by atoms with Crippen LogP contribution in [-0.4, -0.2) is 68.6 Å². The van der Waals surface area contributed by atoms with Gasteiger partial charge in [-0.2, -0.15) is 0 Å². The lowest BCUT2D eigenvalue weighted by atomic mass is 10.1. The Bertz CT molecular complexity index is 326. The van der Waals surface area contributed by atoms with E-state index in [-0.39, 0.29) is 42.7 Å². The molecule has 1 fully saturated rings. The van der Waals surface area contributed by atoms with Crippen molar-refractivity contribution in [2.24, 2.45) is 11.7 Å². The highest BCUT2D eigenvalue weighted by atomic mass is 35.5. The van der Waals surface area contributed by atoms with Crippen molar-refractivity contribution in [2.45, 2.75) is 25.3 Å². The first kappa shape index (κ1) is 19.1. The minimum atomic E-state index is -0.0771. The predicted molar refractivity (Wildman–Crippen MR) is 79.7 cm³/mol. The summed E-state index contributed by atoms with van der Waals surface area (Å²) in [5.74, 6) is -0.0891. The molecule has 2 amide bonds. The zero-order valence-corrected chi connectivity index (χ0v) is 13.3. The van der Waals surface area contributed by atoms with Gasteiger partial charge in [0.25, 0.3) is 0 Å². The number of nitrogens with zero attached hydrogens (tertiary/aromatic N) is 2. The summed E-state index contributed by atoms with van der Waals surface area (Å²) in [5.41, 5.74) is 5.84. The van der Waals surface area contributed by atoms with Crippen LogP contribution in [0.5, 0.6) is 0 Å². The van der Waals surface area contributed by atoms with Crippen molar-refractivity contribution in [3.63, 3.8) is 0 Å². The predicted octanol–water partition coefficient (Wildman–Crippen LogP) is 0.0988. The van der Waals surface area contributed by atoms with Gasteiger partial charge >= 0.3 is 0 Å². The number of methoxy groups -OCH3 is 1. The third-order valence-corrected chi connectivity index (χ3v) is 3.52. The smallest absolute Gasteiger partial charge is 0.241 e. The fraction of sp³-hybridized carbons (Fsp3) is 0.846. The third kappa shape index (κ3) is 5.64. The van der Waals surface area contributed by atoms with Gasteiger partial charge in [0.15, 0.2) is 0 Å². The zero-order valence-electron chi connectivity index (χ0n) is 12.5. The SMILES string of the molecule is COCCN(CC(=O)N(C)C)C(=O)C1CCC(N)C1.Cl. The average Bonchev–Trinajstić information content (AvgIpc) is 2.79. The number of halogens is 1. The van der Waals surface area contributed by atoms with Crippen molar-refractivity contribution < 1.29 is 14.3 Å². The van der Waals surface area contributed by atoms with Crippen molar-refractivity contribution >= 4 is 24.2 Å².